The average Bonchev–Trinajstić information content (AvgIpc) is 2.54. The molecule has 0 saturated carbocycles. The Hall–Kier alpha value is -1.84. The second-order valence-electron chi connectivity index (χ2n) is 5.24. The van der Waals surface area contributed by atoms with Gasteiger partial charge in [0.1, 0.15) is 17.9 Å². The van der Waals surface area contributed by atoms with E-state index in [1.807, 2.05) is 68.4 Å². The number of likely N-dealkylation sites (N-methyl/N-ethyl adjacent to an activating group) is 1. The fraction of sp³-hybridized carbons (Fsp3) is 0.333. The minimum absolute atomic E-state index is 0.0171. The third-order valence-electron chi connectivity index (χ3n) is 3.62. The van der Waals surface area contributed by atoms with Crippen LogP contribution in [0.4, 0.5) is 0 Å². The third kappa shape index (κ3) is 3.84. The Morgan fingerprint density at radius 1 is 1.05 bits per heavy atom. The molecule has 0 amide bonds. The van der Waals surface area contributed by atoms with E-state index in [0.717, 1.165) is 17.9 Å². The maximum Gasteiger partial charge on any atom is 0.119 e. The van der Waals surface area contributed by atoms with Crippen molar-refractivity contribution >= 4 is 0 Å². The minimum atomic E-state index is -0.582. The predicted octanol–water partition coefficient (Wildman–Crippen LogP) is 2.87. The molecule has 2 aromatic rings. The van der Waals surface area contributed by atoms with Crippen molar-refractivity contribution in [1.82, 2.24) is 5.32 Å². The number of ether oxygens (including phenoxy) is 1. The highest BCUT2D eigenvalue weighted by atomic mass is 16.5. The molecule has 1 unspecified atom stereocenters. The van der Waals surface area contributed by atoms with Gasteiger partial charge in [0.2, 0.25) is 0 Å². The normalized spacial score (nSPS) is 13.7. The molecule has 0 aromatic heterocycles. The fourth-order valence-corrected chi connectivity index (χ4v) is 2.37. The van der Waals surface area contributed by atoms with Crippen molar-refractivity contribution in [2.75, 3.05) is 19.8 Å². The molecule has 0 fully saturated rings. The Kier molecular flexibility index (Phi) is 5.37. The standard InChI is InChI=1S/C18H23NO2/c1-3-19-18(13-20,16-7-5-4-6-8-16)14-21-17-11-9-15(2)10-12-17/h4-12,19-20H,3,13-14H2,1-2H3. The first-order chi connectivity index (χ1) is 10.2. The van der Waals surface area contributed by atoms with Crippen LogP contribution in [0.3, 0.4) is 0 Å². The lowest BCUT2D eigenvalue weighted by atomic mass is 9.91. The molecule has 112 valence electrons. The van der Waals surface area contributed by atoms with Crippen LogP contribution in [0.5, 0.6) is 5.75 Å². The SMILES string of the molecule is CCNC(CO)(COc1ccc(C)cc1)c1ccccc1. The summed E-state index contributed by atoms with van der Waals surface area (Å²) in [5.74, 6) is 0.812. The Labute approximate surface area is 126 Å². The fourth-order valence-electron chi connectivity index (χ4n) is 2.37. The van der Waals surface area contributed by atoms with Crippen molar-refractivity contribution in [3.8, 4) is 5.75 Å². The first kappa shape index (κ1) is 15.5. The molecule has 0 spiro atoms. The average molecular weight is 285 g/mol. The molecule has 0 heterocycles. The Morgan fingerprint density at radius 3 is 2.29 bits per heavy atom. The number of hydrogen-bond donors (Lipinski definition) is 2. The van der Waals surface area contributed by atoms with Crippen molar-refractivity contribution in [3.05, 3.63) is 65.7 Å². The number of hydrogen-bond acceptors (Lipinski definition) is 3. The first-order valence-corrected chi connectivity index (χ1v) is 7.31. The highest BCUT2D eigenvalue weighted by Crippen LogP contribution is 2.23. The molecule has 0 saturated heterocycles. The molecular formula is C18H23NO2. The molecule has 3 heteroatoms. The lowest BCUT2D eigenvalue weighted by molar-refractivity contribution is 0.103. The van der Waals surface area contributed by atoms with Gasteiger partial charge >= 0.3 is 0 Å². The van der Waals surface area contributed by atoms with Gasteiger partial charge in [-0.25, -0.2) is 0 Å². The number of aryl methyl sites for hydroxylation is 1. The van der Waals surface area contributed by atoms with Gasteiger partial charge < -0.3 is 15.2 Å². The van der Waals surface area contributed by atoms with Crippen LogP contribution in [0.25, 0.3) is 0 Å². The summed E-state index contributed by atoms with van der Waals surface area (Å²) in [5, 5.41) is 13.3. The summed E-state index contributed by atoms with van der Waals surface area (Å²) in [5.41, 5.74) is 1.65. The van der Waals surface area contributed by atoms with Gasteiger partial charge in [-0.05, 0) is 31.2 Å². The van der Waals surface area contributed by atoms with E-state index in [2.05, 4.69) is 5.32 Å². The van der Waals surface area contributed by atoms with Crippen molar-refractivity contribution < 1.29 is 9.84 Å². The van der Waals surface area contributed by atoms with Crippen molar-refractivity contribution in [2.45, 2.75) is 19.4 Å². The summed E-state index contributed by atoms with van der Waals surface area (Å²) in [4.78, 5) is 0. The molecule has 21 heavy (non-hydrogen) atoms. The summed E-state index contributed by atoms with van der Waals surface area (Å²) < 4.78 is 5.90. The molecular weight excluding hydrogens is 262 g/mol. The summed E-state index contributed by atoms with van der Waals surface area (Å²) in [6, 6.07) is 17.9. The van der Waals surface area contributed by atoms with E-state index in [9.17, 15) is 5.11 Å². The van der Waals surface area contributed by atoms with Gasteiger partial charge in [0.25, 0.3) is 0 Å². The highest BCUT2D eigenvalue weighted by molar-refractivity contribution is 5.28. The lowest BCUT2D eigenvalue weighted by Gasteiger charge is -2.33. The maximum absolute atomic E-state index is 9.94. The van der Waals surface area contributed by atoms with Crippen molar-refractivity contribution in [1.29, 1.82) is 0 Å². The van der Waals surface area contributed by atoms with Gasteiger partial charge in [0, 0.05) is 0 Å². The zero-order valence-corrected chi connectivity index (χ0v) is 12.7. The largest absolute Gasteiger partial charge is 0.491 e. The summed E-state index contributed by atoms with van der Waals surface area (Å²) in [7, 11) is 0. The molecule has 2 N–H and O–H groups in total. The van der Waals surface area contributed by atoms with Gasteiger partial charge in [-0.2, -0.15) is 0 Å². The topological polar surface area (TPSA) is 41.5 Å². The number of aliphatic hydroxyl groups is 1. The van der Waals surface area contributed by atoms with E-state index in [1.165, 1.54) is 5.56 Å². The van der Waals surface area contributed by atoms with E-state index in [1.54, 1.807) is 0 Å². The number of nitrogens with one attached hydrogen (secondary N) is 1. The second kappa shape index (κ2) is 7.25. The zero-order valence-electron chi connectivity index (χ0n) is 12.7. The monoisotopic (exact) mass is 285 g/mol. The third-order valence-corrected chi connectivity index (χ3v) is 3.62. The quantitative estimate of drug-likeness (QED) is 0.822. The summed E-state index contributed by atoms with van der Waals surface area (Å²) >= 11 is 0. The maximum atomic E-state index is 9.94. The van der Waals surface area contributed by atoms with E-state index in [4.69, 9.17) is 4.74 Å². The van der Waals surface area contributed by atoms with Gasteiger partial charge in [-0.1, -0.05) is 55.0 Å². The molecule has 3 nitrogen and oxygen atoms in total. The molecule has 0 aliphatic rings. The predicted molar refractivity (Wildman–Crippen MR) is 85.6 cm³/mol. The molecule has 0 aliphatic carbocycles. The van der Waals surface area contributed by atoms with E-state index >= 15 is 0 Å². The van der Waals surface area contributed by atoms with E-state index in [0.29, 0.717) is 6.61 Å². The van der Waals surface area contributed by atoms with Crippen molar-refractivity contribution in [3.63, 3.8) is 0 Å². The van der Waals surface area contributed by atoms with Gasteiger partial charge in [-0.3, -0.25) is 0 Å². The van der Waals surface area contributed by atoms with Crippen LogP contribution in [0, 0.1) is 6.92 Å². The van der Waals surface area contributed by atoms with E-state index in [-0.39, 0.29) is 6.61 Å². The van der Waals surface area contributed by atoms with Crippen LogP contribution in [-0.4, -0.2) is 24.9 Å². The van der Waals surface area contributed by atoms with Crippen LogP contribution in [-0.2, 0) is 5.54 Å². The molecule has 2 rings (SSSR count). The number of rotatable bonds is 7. The minimum Gasteiger partial charge on any atom is -0.491 e. The molecule has 0 bridgehead atoms. The number of aliphatic hydroxyl groups excluding tert-OH is 1. The highest BCUT2D eigenvalue weighted by Gasteiger charge is 2.31. The Bertz CT molecular complexity index is 539. The number of benzene rings is 2. The summed E-state index contributed by atoms with van der Waals surface area (Å²) in [6.45, 7) is 5.19. The summed E-state index contributed by atoms with van der Waals surface area (Å²) in [6.07, 6.45) is 0. The second-order valence-corrected chi connectivity index (χ2v) is 5.24. The Balaban J connectivity index is 2.18. The van der Waals surface area contributed by atoms with Crippen LogP contribution in [0.2, 0.25) is 0 Å². The smallest absolute Gasteiger partial charge is 0.119 e. The van der Waals surface area contributed by atoms with E-state index < -0.39 is 5.54 Å². The van der Waals surface area contributed by atoms with Crippen LogP contribution >= 0.6 is 0 Å². The van der Waals surface area contributed by atoms with Crippen LogP contribution in [0.1, 0.15) is 18.1 Å². The molecule has 1 atom stereocenters. The van der Waals surface area contributed by atoms with Crippen LogP contribution < -0.4 is 10.1 Å². The zero-order chi connectivity index (χ0) is 15.1. The first-order valence-electron chi connectivity index (χ1n) is 7.31. The van der Waals surface area contributed by atoms with Crippen LogP contribution in [0.15, 0.2) is 54.6 Å². The van der Waals surface area contributed by atoms with Gasteiger partial charge in [-0.15, -0.1) is 0 Å². The van der Waals surface area contributed by atoms with Gasteiger partial charge in [0.05, 0.1) is 6.61 Å². The molecule has 0 radical (unpaired) electrons. The molecule has 0 aliphatic heterocycles. The van der Waals surface area contributed by atoms with Gasteiger partial charge in [0.15, 0.2) is 0 Å². The lowest BCUT2D eigenvalue weighted by Crippen LogP contribution is -2.50. The molecule has 2 aromatic carbocycles. The van der Waals surface area contributed by atoms with Crippen molar-refractivity contribution in [2.24, 2.45) is 0 Å². The Morgan fingerprint density at radius 2 is 1.71 bits per heavy atom.